The van der Waals surface area contributed by atoms with Gasteiger partial charge in [-0.05, 0) is 42.7 Å². The standard InChI is InChI=1S/C24H25N3O5S/c1-16-26-22(27-32-16)13-33-21-5-3-2-4-18(21)23(28)25-14-24(8-10-29-11-9-24)17-6-7-19-20(12-17)31-15-30-19/h2-7,12H,8-11,13-15H2,1H3,(H,25,28). The van der Waals surface area contributed by atoms with Crippen molar-refractivity contribution in [2.45, 2.75) is 35.8 Å². The number of nitrogens with one attached hydrogen (secondary N) is 1. The number of carbonyl (C=O) groups excluding carboxylic acids is 1. The highest BCUT2D eigenvalue weighted by Crippen LogP contribution is 2.40. The van der Waals surface area contributed by atoms with Crippen LogP contribution < -0.4 is 14.8 Å². The van der Waals surface area contributed by atoms with Crippen molar-refractivity contribution in [3.8, 4) is 11.5 Å². The van der Waals surface area contributed by atoms with E-state index < -0.39 is 0 Å². The largest absolute Gasteiger partial charge is 0.454 e. The summed E-state index contributed by atoms with van der Waals surface area (Å²) in [5.41, 5.74) is 1.54. The number of carbonyl (C=O) groups is 1. The second-order valence-corrected chi connectivity index (χ2v) is 9.18. The number of rotatable bonds is 7. The molecule has 3 heterocycles. The van der Waals surface area contributed by atoms with E-state index in [1.54, 1.807) is 6.92 Å². The third-order valence-corrected chi connectivity index (χ3v) is 7.15. The number of aryl methyl sites for hydroxylation is 1. The molecule has 2 aliphatic rings. The minimum Gasteiger partial charge on any atom is -0.454 e. The fraction of sp³-hybridized carbons (Fsp3) is 0.375. The quantitative estimate of drug-likeness (QED) is 0.523. The second kappa shape index (κ2) is 9.44. The molecule has 0 spiro atoms. The van der Waals surface area contributed by atoms with Crippen molar-refractivity contribution in [1.29, 1.82) is 0 Å². The van der Waals surface area contributed by atoms with Gasteiger partial charge < -0.3 is 24.1 Å². The van der Waals surface area contributed by atoms with E-state index in [1.165, 1.54) is 11.8 Å². The van der Waals surface area contributed by atoms with Crippen molar-refractivity contribution in [3.05, 3.63) is 65.3 Å². The van der Waals surface area contributed by atoms with Gasteiger partial charge in [0.15, 0.2) is 17.3 Å². The molecule has 9 heteroatoms. The SMILES string of the molecule is Cc1nc(CSc2ccccc2C(=O)NCC2(c3ccc4c(c3)OCO4)CCOCC2)no1. The zero-order chi connectivity index (χ0) is 22.7. The predicted molar refractivity (Wildman–Crippen MR) is 122 cm³/mol. The molecule has 0 unspecified atom stereocenters. The third kappa shape index (κ3) is 4.69. The zero-order valence-corrected chi connectivity index (χ0v) is 19.2. The van der Waals surface area contributed by atoms with E-state index in [0.29, 0.717) is 42.8 Å². The minimum absolute atomic E-state index is 0.103. The molecule has 1 aromatic heterocycles. The first-order valence-corrected chi connectivity index (χ1v) is 11.9. The van der Waals surface area contributed by atoms with Gasteiger partial charge in [0.25, 0.3) is 5.91 Å². The average molecular weight is 468 g/mol. The molecule has 3 aromatic rings. The Hall–Kier alpha value is -3.04. The third-order valence-electron chi connectivity index (χ3n) is 6.08. The Labute approximate surface area is 196 Å². The van der Waals surface area contributed by atoms with Gasteiger partial charge in [0.1, 0.15) is 0 Å². The molecule has 0 saturated carbocycles. The molecule has 0 bridgehead atoms. The van der Waals surface area contributed by atoms with Gasteiger partial charge in [0.2, 0.25) is 12.7 Å². The Morgan fingerprint density at radius 3 is 2.76 bits per heavy atom. The van der Waals surface area contributed by atoms with Crippen molar-refractivity contribution in [3.63, 3.8) is 0 Å². The molecule has 1 amide bonds. The fourth-order valence-electron chi connectivity index (χ4n) is 4.22. The number of ether oxygens (including phenoxy) is 3. The summed E-state index contributed by atoms with van der Waals surface area (Å²) in [6.45, 7) is 3.82. The lowest BCUT2D eigenvalue weighted by atomic mass is 9.74. The summed E-state index contributed by atoms with van der Waals surface area (Å²) in [4.78, 5) is 18.3. The van der Waals surface area contributed by atoms with Gasteiger partial charge in [-0.3, -0.25) is 4.79 Å². The lowest BCUT2D eigenvalue weighted by Crippen LogP contribution is -2.44. The average Bonchev–Trinajstić information content (AvgIpc) is 3.50. The minimum atomic E-state index is -0.223. The molecule has 33 heavy (non-hydrogen) atoms. The van der Waals surface area contributed by atoms with Crippen molar-refractivity contribution in [1.82, 2.24) is 15.5 Å². The van der Waals surface area contributed by atoms with Crippen LogP contribution in [0.4, 0.5) is 0 Å². The Balaban J connectivity index is 1.31. The topological polar surface area (TPSA) is 95.7 Å². The van der Waals surface area contributed by atoms with Crippen LogP contribution in [0.5, 0.6) is 11.5 Å². The highest BCUT2D eigenvalue weighted by atomic mass is 32.2. The zero-order valence-electron chi connectivity index (χ0n) is 18.3. The lowest BCUT2D eigenvalue weighted by Gasteiger charge is -2.38. The molecule has 8 nitrogen and oxygen atoms in total. The number of nitrogens with zero attached hydrogens (tertiary/aromatic N) is 2. The van der Waals surface area contributed by atoms with Gasteiger partial charge in [-0.2, -0.15) is 4.98 Å². The van der Waals surface area contributed by atoms with Gasteiger partial charge in [0.05, 0.1) is 11.3 Å². The van der Waals surface area contributed by atoms with E-state index in [2.05, 4.69) is 21.5 Å². The second-order valence-electron chi connectivity index (χ2n) is 8.16. The van der Waals surface area contributed by atoms with Crippen molar-refractivity contribution < 1.29 is 23.5 Å². The van der Waals surface area contributed by atoms with Gasteiger partial charge in [-0.15, -0.1) is 11.8 Å². The number of fused-ring (bicyclic) bond motifs is 1. The van der Waals surface area contributed by atoms with Crippen LogP contribution in [0.15, 0.2) is 51.9 Å². The number of hydrogen-bond acceptors (Lipinski definition) is 8. The van der Waals surface area contributed by atoms with E-state index in [9.17, 15) is 4.79 Å². The smallest absolute Gasteiger partial charge is 0.252 e. The molecule has 2 aromatic carbocycles. The van der Waals surface area contributed by atoms with Crippen LogP contribution in [0.2, 0.25) is 0 Å². The van der Waals surface area contributed by atoms with Crippen LogP contribution >= 0.6 is 11.8 Å². The van der Waals surface area contributed by atoms with Crippen LogP contribution in [0.3, 0.4) is 0 Å². The van der Waals surface area contributed by atoms with Crippen molar-refractivity contribution in [2.75, 3.05) is 26.6 Å². The van der Waals surface area contributed by atoms with E-state index in [-0.39, 0.29) is 18.1 Å². The molecule has 1 saturated heterocycles. The molecule has 1 N–H and O–H groups in total. The van der Waals surface area contributed by atoms with E-state index in [1.807, 2.05) is 36.4 Å². The maximum atomic E-state index is 13.2. The fourth-order valence-corrected chi connectivity index (χ4v) is 5.12. The molecular formula is C24H25N3O5S. The van der Waals surface area contributed by atoms with Gasteiger partial charge in [-0.1, -0.05) is 23.4 Å². The van der Waals surface area contributed by atoms with Gasteiger partial charge in [0, 0.05) is 37.0 Å². The number of amides is 1. The lowest BCUT2D eigenvalue weighted by molar-refractivity contribution is 0.0486. The summed E-state index contributed by atoms with van der Waals surface area (Å²) in [6.07, 6.45) is 1.64. The summed E-state index contributed by atoms with van der Waals surface area (Å²) < 4.78 is 21.7. The molecule has 2 aliphatic heterocycles. The van der Waals surface area contributed by atoms with Crippen molar-refractivity contribution >= 4 is 17.7 Å². The molecule has 5 rings (SSSR count). The van der Waals surface area contributed by atoms with Crippen LogP contribution in [-0.2, 0) is 15.9 Å². The molecule has 1 fully saturated rings. The summed E-state index contributed by atoms with van der Waals surface area (Å²) >= 11 is 1.52. The summed E-state index contributed by atoms with van der Waals surface area (Å²) in [7, 11) is 0. The molecule has 0 aliphatic carbocycles. The number of benzene rings is 2. The van der Waals surface area contributed by atoms with E-state index in [0.717, 1.165) is 34.8 Å². The first-order chi connectivity index (χ1) is 16.1. The normalized spacial score (nSPS) is 16.5. The summed E-state index contributed by atoms with van der Waals surface area (Å²) in [5, 5.41) is 7.12. The summed E-state index contributed by atoms with van der Waals surface area (Å²) in [5.74, 6) is 3.07. The number of hydrogen-bond donors (Lipinski definition) is 1. The maximum absolute atomic E-state index is 13.2. The first-order valence-electron chi connectivity index (χ1n) is 10.9. The predicted octanol–water partition coefficient (Wildman–Crippen LogP) is 3.88. The van der Waals surface area contributed by atoms with E-state index >= 15 is 0 Å². The Morgan fingerprint density at radius 1 is 1.12 bits per heavy atom. The van der Waals surface area contributed by atoms with Crippen LogP contribution in [0.25, 0.3) is 0 Å². The Morgan fingerprint density at radius 2 is 1.94 bits per heavy atom. The summed E-state index contributed by atoms with van der Waals surface area (Å²) in [6, 6.07) is 13.6. The molecule has 172 valence electrons. The first kappa shape index (κ1) is 21.8. The van der Waals surface area contributed by atoms with Gasteiger partial charge >= 0.3 is 0 Å². The van der Waals surface area contributed by atoms with Crippen LogP contribution in [0.1, 0.15) is 40.5 Å². The van der Waals surface area contributed by atoms with Crippen LogP contribution in [0, 0.1) is 6.92 Å². The highest BCUT2D eigenvalue weighted by molar-refractivity contribution is 7.98. The Kier molecular flexibility index (Phi) is 6.24. The van der Waals surface area contributed by atoms with E-state index in [4.69, 9.17) is 18.7 Å². The Bertz CT molecular complexity index is 1140. The number of aromatic nitrogens is 2. The van der Waals surface area contributed by atoms with Crippen LogP contribution in [-0.4, -0.2) is 42.6 Å². The van der Waals surface area contributed by atoms with Crippen molar-refractivity contribution in [2.24, 2.45) is 0 Å². The number of thioether (sulfide) groups is 1. The molecular weight excluding hydrogens is 442 g/mol. The van der Waals surface area contributed by atoms with Gasteiger partial charge in [-0.25, -0.2) is 0 Å². The monoisotopic (exact) mass is 467 g/mol. The maximum Gasteiger partial charge on any atom is 0.252 e. The highest BCUT2D eigenvalue weighted by Gasteiger charge is 2.36. The molecule has 0 atom stereocenters. The molecule has 0 radical (unpaired) electrons.